The molecule has 1 heteroatoms. The first kappa shape index (κ1) is 6.79. The summed E-state index contributed by atoms with van der Waals surface area (Å²) in [4.78, 5) is 10.3. The van der Waals surface area contributed by atoms with E-state index in [-0.39, 0.29) is 0 Å². The van der Waals surface area contributed by atoms with Crippen molar-refractivity contribution in [1.82, 2.24) is 0 Å². The average molecular weight is 126 g/mol. The summed E-state index contributed by atoms with van der Waals surface area (Å²) in [5.74, 6) is 0.361. The molecule has 1 aliphatic rings. The first-order valence-electron chi connectivity index (χ1n) is 3.59. The van der Waals surface area contributed by atoms with Crippen LogP contribution in [0.1, 0.15) is 33.1 Å². The lowest BCUT2D eigenvalue weighted by Crippen LogP contribution is -2.05. The van der Waals surface area contributed by atoms with E-state index in [1.165, 1.54) is 6.42 Å². The van der Waals surface area contributed by atoms with Gasteiger partial charge in [-0.2, -0.15) is 0 Å². The lowest BCUT2D eigenvalue weighted by molar-refractivity contribution is -0.111. The highest BCUT2D eigenvalue weighted by Crippen LogP contribution is 2.39. The van der Waals surface area contributed by atoms with Gasteiger partial charge in [-0.3, -0.25) is 0 Å². The third-order valence-corrected chi connectivity index (χ3v) is 2.20. The van der Waals surface area contributed by atoms with Crippen molar-refractivity contribution in [3.63, 3.8) is 0 Å². The predicted molar refractivity (Wildman–Crippen MR) is 37.2 cm³/mol. The second kappa shape index (κ2) is 2.13. The molecule has 0 N–H and O–H groups in total. The highest BCUT2D eigenvalue weighted by atomic mass is 16.1. The van der Waals surface area contributed by atoms with Gasteiger partial charge in [-0.05, 0) is 24.7 Å². The quantitative estimate of drug-likeness (QED) is 0.491. The van der Waals surface area contributed by atoms with Gasteiger partial charge in [-0.15, -0.1) is 0 Å². The number of hydrogen-bond acceptors (Lipinski definition) is 1. The van der Waals surface area contributed by atoms with E-state index in [4.69, 9.17) is 0 Å². The maximum Gasteiger partial charge on any atom is 0.123 e. The molecule has 9 heavy (non-hydrogen) atoms. The Bertz CT molecular complexity index is 116. The van der Waals surface area contributed by atoms with Gasteiger partial charge in [0.1, 0.15) is 6.29 Å². The van der Waals surface area contributed by atoms with Crippen LogP contribution in [-0.2, 0) is 4.79 Å². The van der Waals surface area contributed by atoms with Gasteiger partial charge in [0.15, 0.2) is 0 Å². The summed E-state index contributed by atoms with van der Waals surface area (Å²) in [6.07, 6.45) is 4.53. The van der Waals surface area contributed by atoms with Gasteiger partial charge in [0.2, 0.25) is 0 Å². The standard InChI is InChI=1S/C8H14O/c1-8(2)4-3-7(5-8)6-9/h6-7H,3-5H2,1-2H3. The van der Waals surface area contributed by atoms with Crippen LogP contribution in [0.2, 0.25) is 0 Å². The summed E-state index contributed by atoms with van der Waals surface area (Å²) in [5.41, 5.74) is 0.436. The largest absolute Gasteiger partial charge is 0.303 e. The number of hydrogen-bond donors (Lipinski definition) is 0. The molecule has 0 amide bonds. The van der Waals surface area contributed by atoms with E-state index in [2.05, 4.69) is 13.8 Å². The zero-order valence-corrected chi connectivity index (χ0v) is 6.18. The Morgan fingerprint density at radius 3 is 2.44 bits per heavy atom. The van der Waals surface area contributed by atoms with Crippen molar-refractivity contribution < 1.29 is 4.79 Å². The van der Waals surface area contributed by atoms with Crippen molar-refractivity contribution in [3.8, 4) is 0 Å². The van der Waals surface area contributed by atoms with Crippen LogP contribution in [-0.4, -0.2) is 6.29 Å². The normalized spacial score (nSPS) is 32.4. The molecule has 0 aromatic heterocycles. The highest BCUT2D eigenvalue weighted by molar-refractivity contribution is 5.54. The smallest absolute Gasteiger partial charge is 0.123 e. The molecule has 52 valence electrons. The topological polar surface area (TPSA) is 17.1 Å². The highest BCUT2D eigenvalue weighted by Gasteiger charge is 2.30. The van der Waals surface area contributed by atoms with Crippen molar-refractivity contribution in [3.05, 3.63) is 0 Å². The molecule has 0 aliphatic heterocycles. The van der Waals surface area contributed by atoms with E-state index in [1.54, 1.807) is 0 Å². The lowest BCUT2D eigenvalue weighted by Gasteiger charge is -2.14. The maximum atomic E-state index is 10.3. The van der Waals surface area contributed by atoms with E-state index in [0.717, 1.165) is 19.1 Å². The van der Waals surface area contributed by atoms with Crippen molar-refractivity contribution in [2.24, 2.45) is 11.3 Å². The molecule has 0 radical (unpaired) electrons. The molecular weight excluding hydrogens is 112 g/mol. The minimum atomic E-state index is 0.361. The van der Waals surface area contributed by atoms with Crippen molar-refractivity contribution >= 4 is 6.29 Å². The molecule has 1 saturated carbocycles. The van der Waals surface area contributed by atoms with Crippen LogP contribution in [0.5, 0.6) is 0 Å². The van der Waals surface area contributed by atoms with Gasteiger partial charge in [-0.25, -0.2) is 0 Å². The average Bonchev–Trinajstić information content (AvgIpc) is 2.10. The molecule has 0 aromatic rings. The number of carbonyl (C=O) groups excluding carboxylic acids is 1. The Morgan fingerprint density at radius 1 is 1.56 bits per heavy atom. The zero-order valence-electron chi connectivity index (χ0n) is 6.18. The Kier molecular flexibility index (Phi) is 1.60. The maximum absolute atomic E-state index is 10.3. The molecule has 1 fully saturated rings. The molecule has 1 unspecified atom stereocenters. The number of rotatable bonds is 1. The summed E-state index contributed by atoms with van der Waals surface area (Å²) >= 11 is 0. The summed E-state index contributed by atoms with van der Waals surface area (Å²) in [5, 5.41) is 0. The molecule has 0 heterocycles. The van der Waals surface area contributed by atoms with E-state index in [1.807, 2.05) is 0 Å². The molecule has 1 aliphatic carbocycles. The van der Waals surface area contributed by atoms with E-state index in [9.17, 15) is 4.79 Å². The van der Waals surface area contributed by atoms with Crippen LogP contribution in [0.4, 0.5) is 0 Å². The van der Waals surface area contributed by atoms with Gasteiger partial charge in [0.05, 0.1) is 0 Å². The van der Waals surface area contributed by atoms with Crippen molar-refractivity contribution in [1.29, 1.82) is 0 Å². The third-order valence-electron chi connectivity index (χ3n) is 2.20. The van der Waals surface area contributed by atoms with Crippen LogP contribution >= 0.6 is 0 Å². The molecule has 0 spiro atoms. The van der Waals surface area contributed by atoms with Crippen LogP contribution in [0.15, 0.2) is 0 Å². The van der Waals surface area contributed by atoms with E-state index < -0.39 is 0 Å². The summed E-state index contributed by atoms with van der Waals surface area (Å²) in [6.45, 7) is 4.47. The van der Waals surface area contributed by atoms with Crippen molar-refractivity contribution in [2.45, 2.75) is 33.1 Å². The zero-order chi connectivity index (χ0) is 6.91. The Balaban J connectivity index is 2.47. The second-order valence-corrected chi connectivity index (χ2v) is 3.80. The monoisotopic (exact) mass is 126 g/mol. The predicted octanol–water partition coefficient (Wildman–Crippen LogP) is 2.01. The number of aldehydes is 1. The molecule has 1 nitrogen and oxygen atoms in total. The van der Waals surface area contributed by atoms with Gasteiger partial charge in [-0.1, -0.05) is 13.8 Å². The van der Waals surface area contributed by atoms with Crippen LogP contribution in [0, 0.1) is 11.3 Å². The van der Waals surface area contributed by atoms with Gasteiger partial charge in [0, 0.05) is 5.92 Å². The summed E-state index contributed by atoms with van der Waals surface area (Å²) in [7, 11) is 0. The first-order valence-corrected chi connectivity index (χ1v) is 3.59. The van der Waals surface area contributed by atoms with E-state index in [0.29, 0.717) is 11.3 Å². The van der Waals surface area contributed by atoms with Gasteiger partial charge < -0.3 is 4.79 Å². The fraction of sp³-hybridized carbons (Fsp3) is 0.875. The second-order valence-electron chi connectivity index (χ2n) is 3.80. The fourth-order valence-electron chi connectivity index (χ4n) is 1.61. The minimum Gasteiger partial charge on any atom is -0.303 e. The minimum absolute atomic E-state index is 0.361. The fourth-order valence-corrected chi connectivity index (χ4v) is 1.61. The molecule has 0 aromatic carbocycles. The first-order chi connectivity index (χ1) is 4.14. The molecule has 0 bridgehead atoms. The van der Waals surface area contributed by atoms with Crippen LogP contribution < -0.4 is 0 Å². The number of carbonyl (C=O) groups is 1. The third kappa shape index (κ3) is 1.54. The SMILES string of the molecule is CC1(C)CCC(C=O)C1. The van der Waals surface area contributed by atoms with Crippen LogP contribution in [0.3, 0.4) is 0 Å². The van der Waals surface area contributed by atoms with E-state index >= 15 is 0 Å². The Labute approximate surface area is 56.4 Å². The van der Waals surface area contributed by atoms with Crippen LogP contribution in [0.25, 0.3) is 0 Å². The van der Waals surface area contributed by atoms with Gasteiger partial charge in [0.25, 0.3) is 0 Å². The Hall–Kier alpha value is -0.330. The molecular formula is C8H14O. The summed E-state index contributed by atoms with van der Waals surface area (Å²) in [6, 6.07) is 0. The molecule has 1 rings (SSSR count). The summed E-state index contributed by atoms with van der Waals surface area (Å²) < 4.78 is 0. The molecule has 0 saturated heterocycles. The molecule has 1 atom stereocenters. The lowest BCUT2D eigenvalue weighted by atomic mass is 9.91. The van der Waals surface area contributed by atoms with Crippen molar-refractivity contribution in [2.75, 3.05) is 0 Å². The Morgan fingerprint density at radius 2 is 2.22 bits per heavy atom. The van der Waals surface area contributed by atoms with Gasteiger partial charge >= 0.3 is 0 Å².